The van der Waals surface area contributed by atoms with Gasteiger partial charge < -0.3 is 35.7 Å². The number of aliphatic hydroxyl groups excluding tert-OH is 1. The summed E-state index contributed by atoms with van der Waals surface area (Å²) in [6.45, 7) is 4.84. The Morgan fingerprint density at radius 1 is 1.08 bits per heavy atom. The monoisotopic (exact) mass is 661 g/mol. The van der Waals surface area contributed by atoms with E-state index in [4.69, 9.17) is 14.9 Å². The number of rotatable bonds is 14. The summed E-state index contributed by atoms with van der Waals surface area (Å²) >= 11 is 0. The van der Waals surface area contributed by atoms with Crippen molar-refractivity contribution in [1.29, 1.82) is 0 Å². The predicted molar refractivity (Wildman–Crippen MR) is 177 cm³/mol. The largest absolute Gasteiger partial charge is 0.490 e. The maximum atomic E-state index is 12.8. The molecule has 0 radical (unpaired) electrons. The molecule has 1 amide bonds. The van der Waals surface area contributed by atoms with E-state index in [1.165, 1.54) is 16.5 Å². The maximum Gasteiger partial charge on any atom is 0.303 e. The fourth-order valence-corrected chi connectivity index (χ4v) is 6.53. The Morgan fingerprint density at radius 3 is 2.52 bits per heavy atom. The number of hydrogen-bond donors (Lipinski definition) is 7. The van der Waals surface area contributed by atoms with E-state index in [1.807, 2.05) is 18.2 Å². The number of benzene rings is 2. The lowest BCUT2D eigenvalue weighted by atomic mass is 9.79. The lowest BCUT2D eigenvalue weighted by Crippen LogP contribution is -2.46. The molecule has 1 fully saturated rings. The zero-order chi connectivity index (χ0) is 34.3. The molecule has 4 aromatic rings. The Kier molecular flexibility index (Phi) is 10.7. The van der Waals surface area contributed by atoms with Crippen molar-refractivity contribution < 1.29 is 34.4 Å². The van der Waals surface area contributed by atoms with Crippen molar-refractivity contribution in [2.24, 2.45) is 0 Å². The molecule has 0 bridgehead atoms. The molecule has 2 aromatic carbocycles. The number of carboxylic acid groups (broad SMARTS) is 2. The molecule has 1 spiro atoms. The molecule has 48 heavy (non-hydrogen) atoms. The molecule has 1 aliphatic carbocycles. The molecule has 6 rings (SSSR count). The minimum Gasteiger partial charge on any atom is -0.490 e. The second-order valence-electron chi connectivity index (χ2n) is 13.1. The number of carboxylic acids is 2. The van der Waals surface area contributed by atoms with E-state index < -0.39 is 23.5 Å². The van der Waals surface area contributed by atoms with Gasteiger partial charge in [0.05, 0.1) is 18.3 Å². The molecule has 2 aliphatic rings. The third-order valence-electron chi connectivity index (χ3n) is 8.94. The van der Waals surface area contributed by atoms with Crippen molar-refractivity contribution >= 4 is 34.4 Å². The molecule has 1 saturated carbocycles. The van der Waals surface area contributed by atoms with Crippen LogP contribution in [-0.4, -0.2) is 83.6 Å². The highest BCUT2D eigenvalue weighted by molar-refractivity contribution is 6.07. The van der Waals surface area contributed by atoms with Gasteiger partial charge in [-0.15, -0.1) is 10.2 Å². The average Bonchev–Trinajstić information content (AvgIpc) is 3.87. The zero-order valence-electron chi connectivity index (χ0n) is 27.2. The van der Waals surface area contributed by atoms with Gasteiger partial charge in [-0.3, -0.25) is 14.4 Å². The number of tetrazole rings is 1. The number of fused-ring (bicyclic) bond motifs is 3. The van der Waals surface area contributed by atoms with Crippen LogP contribution in [0.1, 0.15) is 74.9 Å². The number of nitrogens with one attached hydrogen (secondary N) is 4. The van der Waals surface area contributed by atoms with Crippen LogP contribution in [0.5, 0.6) is 5.75 Å². The molecule has 0 saturated heterocycles. The van der Waals surface area contributed by atoms with E-state index in [-0.39, 0.29) is 30.9 Å². The quantitative estimate of drug-likeness (QED) is 0.104. The van der Waals surface area contributed by atoms with E-state index in [0.29, 0.717) is 18.1 Å². The van der Waals surface area contributed by atoms with Crippen LogP contribution in [0.3, 0.4) is 0 Å². The summed E-state index contributed by atoms with van der Waals surface area (Å²) in [5, 5.41) is 48.5. The van der Waals surface area contributed by atoms with Crippen molar-refractivity contribution in [3.05, 3.63) is 65.1 Å². The first-order chi connectivity index (χ1) is 23.0. The molecule has 0 unspecified atom stereocenters. The number of aryl methyl sites for hydroxylation is 2. The maximum absolute atomic E-state index is 12.8. The summed E-state index contributed by atoms with van der Waals surface area (Å²) in [5.74, 6) is -0.658. The summed E-state index contributed by atoms with van der Waals surface area (Å²) in [4.78, 5) is 35.5. The molecule has 256 valence electrons. The van der Waals surface area contributed by atoms with Crippen LogP contribution < -0.4 is 15.4 Å². The molecule has 1 atom stereocenters. The van der Waals surface area contributed by atoms with E-state index in [1.54, 1.807) is 0 Å². The Morgan fingerprint density at radius 2 is 1.83 bits per heavy atom. The van der Waals surface area contributed by atoms with Crippen molar-refractivity contribution in [2.75, 3.05) is 18.5 Å². The number of ether oxygens (including phenoxy) is 1. The van der Waals surface area contributed by atoms with Crippen molar-refractivity contribution in [1.82, 2.24) is 30.9 Å². The number of anilines is 1. The van der Waals surface area contributed by atoms with Gasteiger partial charge in [-0.2, -0.15) is 5.21 Å². The Balaban J connectivity index is 0.000000503. The topological polar surface area (TPSA) is 215 Å². The summed E-state index contributed by atoms with van der Waals surface area (Å²) in [5.41, 5.74) is 4.63. The average molecular weight is 662 g/mol. The molecule has 2 aromatic heterocycles. The molecule has 7 N–H and O–H groups in total. The first kappa shape index (κ1) is 34.5. The predicted octanol–water partition coefficient (Wildman–Crippen LogP) is 3.52. The molecule has 3 heterocycles. The van der Waals surface area contributed by atoms with Crippen molar-refractivity contribution in [3.8, 4) is 5.75 Å². The second kappa shape index (κ2) is 14.9. The van der Waals surface area contributed by atoms with Gasteiger partial charge in [-0.1, -0.05) is 36.3 Å². The number of nitrogens with zero attached hydrogens (tertiary/aromatic N) is 3. The van der Waals surface area contributed by atoms with Crippen LogP contribution in [-0.2, 0) is 39.1 Å². The minimum absolute atomic E-state index is 0.0809. The van der Waals surface area contributed by atoms with Crippen LogP contribution >= 0.6 is 0 Å². The summed E-state index contributed by atoms with van der Waals surface area (Å²) in [6.07, 6.45) is 6.95. The second-order valence-corrected chi connectivity index (χ2v) is 13.1. The van der Waals surface area contributed by atoms with Crippen LogP contribution in [0.2, 0.25) is 0 Å². The van der Waals surface area contributed by atoms with E-state index in [0.717, 1.165) is 61.7 Å². The van der Waals surface area contributed by atoms with Crippen LogP contribution in [0.4, 0.5) is 5.69 Å². The van der Waals surface area contributed by atoms with Gasteiger partial charge in [0.2, 0.25) is 5.91 Å². The Labute approximate surface area is 277 Å². The number of carbonyl (C=O) groups is 3. The van der Waals surface area contributed by atoms with Crippen LogP contribution in [0.25, 0.3) is 10.9 Å². The number of aromatic amines is 2. The van der Waals surface area contributed by atoms with Crippen molar-refractivity contribution in [2.45, 2.75) is 88.7 Å². The van der Waals surface area contributed by atoms with Gasteiger partial charge >= 0.3 is 11.9 Å². The lowest BCUT2D eigenvalue weighted by Gasteiger charge is -2.28. The summed E-state index contributed by atoms with van der Waals surface area (Å²) < 4.78 is 6.13. The first-order valence-electron chi connectivity index (χ1n) is 16.2. The van der Waals surface area contributed by atoms with Gasteiger partial charge in [0.1, 0.15) is 18.5 Å². The molecular weight excluding hydrogens is 618 g/mol. The number of aromatic nitrogens is 5. The third-order valence-corrected chi connectivity index (χ3v) is 8.94. The number of H-pyrrole nitrogens is 2. The number of β-amino-alcohol motifs (C(OH)–C–C–N with tert-alkyl or cyclic N) is 1. The number of hydrogen-bond acceptors (Lipinski definition) is 9. The van der Waals surface area contributed by atoms with Crippen molar-refractivity contribution in [3.63, 3.8) is 0 Å². The molecule has 14 nitrogen and oxygen atoms in total. The fourth-order valence-electron chi connectivity index (χ4n) is 6.53. The van der Waals surface area contributed by atoms with Gasteiger partial charge in [0, 0.05) is 46.9 Å². The van der Waals surface area contributed by atoms with Crippen LogP contribution in [0, 0.1) is 0 Å². The Bertz CT molecular complexity index is 1710. The Hall–Kier alpha value is -4.82. The van der Waals surface area contributed by atoms with Gasteiger partial charge in [-0.25, -0.2) is 0 Å². The van der Waals surface area contributed by atoms with E-state index in [2.05, 4.69) is 74.5 Å². The molecule has 1 aliphatic heterocycles. The standard InChI is InChI=1S/C30H37N7O3.C4H6O4/c1-29(2,15-20-16-31-24-14-19(8-10-22(20)24)9-11-26-34-36-37-35-26)32-17-21(38)18-40-25-7-5-6-23-27(25)30(28(39)33-23)12-3-4-13-30;5-3(6)1-2-4(7)8/h5-8,10,14,16,21,31-32,38H,3-4,9,11-13,15,17-18H2,1-2H3,(H,33,39)(H,34,35,36,37);1-2H2,(H,5,6)(H,7,8)/t21-;/m0./s1. The normalized spacial score (nSPS) is 15.5. The SMILES string of the molecule is CC(C)(Cc1c[nH]c2cc(CCc3nn[nH]n3)ccc12)NC[C@H](O)COc1cccc2c1C1(CCCC1)C(=O)N2.O=C(O)CCC(=O)O. The van der Waals surface area contributed by atoms with Gasteiger partial charge in [0.15, 0.2) is 5.82 Å². The molecule has 14 heteroatoms. The van der Waals surface area contributed by atoms with E-state index in [9.17, 15) is 19.5 Å². The third kappa shape index (κ3) is 8.36. The number of carbonyl (C=O) groups excluding carboxylic acids is 1. The minimum atomic E-state index is -1.08. The highest BCUT2D eigenvalue weighted by Gasteiger charge is 2.50. The summed E-state index contributed by atoms with van der Waals surface area (Å²) in [7, 11) is 0. The van der Waals surface area contributed by atoms with Crippen LogP contribution in [0.15, 0.2) is 42.6 Å². The first-order valence-corrected chi connectivity index (χ1v) is 16.2. The highest BCUT2D eigenvalue weighted by Crippen LogP contribution is 2.52. The highest BCUT2D eigenvalue weighted by atomic mass is 16.5. The number of aliphatic carboxylic acids is 2. The zero-order valence-corrected chi connectivity index (χ0v) is 27.2. The van der Waals surface area contributed by atoms with Gasteiger partial charge in [-0.05, 0) is 68.9 Å². The smallest absolute Gasteiger partial charge is 0.303 e. The number of aliphatic hydroxyl groups is 1. The summed E-state index contributed by atoms with van der Waals surface area (Å²) in [6, 6.07) is 12.3. The van der Waals surface area contributed by atoms with Gasteiger partial charge in [0.25, 0.3) is 0 Å². The fraction of sp³-hybridized carbons (Fsp3) is 0.471. The molecular formula is C34H43N7O7. The van der Waals surface area contributed by atoms with E-state index >= 15 is 0 Å². The lowest BCUT2D eigenvalue weighted by molar-refractivity contribution is -0.143. The number of amides is 1.